The summed E-state index contributed by atoms with van der Waals surface area (Å²) in [6.07, 6.45) is 2.96. The quantitative estimate of drug-likeness (QED) is 0.846. The molecule has 0 saturated heterocycles. The van der Waals surface area contributed by atoms with Crippen LogP contribution in [0.25, 0.3) is 0 Å². The number of benzene rings is 1. The smallest absolute Gasteiger partial charge is 0.337 e. The Bertz CT molecular complexity index is 653. The highest BCUT2D eigenvalue weighted by Gasteiger charge is 2.10. The largest absolute Gasteiger partial charge is 0.465 e. The fourth-order valence-electron chi connectivity index (χ4n) is 2.38. The van der Waals surface area contributed by atoms with E-state index in [9.17, 15) is 4.79 Å². The first-order valence-corrected chi connectivity index (χ1v) is 6.90. The Kier molecular flexibility index (Phi) is 3.83. The van der Waals surface area contributed by atoms with Gasteiger partial charge < -0.3 is 15.4 Å². The van der Waals surface area contributed by atoms with Gasteiger partial charge >= 0.3 is 5.97 Å². The number of anilines is 2. The summed E-state index contributed by atoms with van der Waals surface area (Å²) in [5.74, 6) is 0.475. The Labute approximate surface area is 123 Å². The summed E-state index contributed by atoms with van der Waals surface area (Å²) in [6.45, 7) is 1.89. The second kappa shape index (κ2) is 5.93. The monoisotopic (exact) mass is 283 g/mol. The molecule has 1 aromatic heterocycles. The van der Waals surface area contributed by atoms with Gasteiger partial charge in [-0.3, -0.25) is 0 Å². The van der Waals surface area contributed by atoms with Crippen molar-refractivity contribution in [3.05, 3.63) is 53.2 Å². The lowest BCUT2D eigenvalue weighted by Crippen LogP contribution is -2.23. The van der Waals surface area contributed by atoms with Crippen molar-refractivity contribution in [2.75, 3.05) is 19.0 Å². The van der Waals surface area contributed by atoms with E-state index in [4.69, 9.17) is 0 Å². The number of carbonyl (C=O) groups is 1. The summed E-state index contributed by atoms with van der Waals surface area (Å²) in [7, 11) is 1.37. The number of fused-ring (bicyclic) bond motifs is 1. The van der Waals surface area contributed by atoms with Crippen LogP contribution in [0.15, 0.2) is 36.5 Å². The number of pyridine rings is 1. The first kappa shape index (κ1) is 13.6. The molecule has 5 nitrogen and oxygen atoms in total. The Morgan fingerprint density at radius 3 is 2.86 bits per heavy atom. The number of carbonyl (C=O) groups excluding carboxylic acids is 1. The van der Waals surface area contributed by atoms with Crippen LogP contribution in [-0.2, 0) is 17.7 Å². The van der Waals surface area contributed by atoms with E-state index in [-0.39, 0.29) is 5.97 Å². The third kappa shape index (κ3) is 3.03. The molecule has 0 amide bonds. The van der Waals surface area contributed by atoms with Crippen molar-refractivity contribution >= 4 is 17.5 Å². The van der Waals surface area contributed by atoms with E-state index in [0.29, 0.717) is 5.56 Å². The van der Waals surface area contributed by atoms with Gasteiger partial charge in [0.15, 0.2) is 0 Å². The molecule has 0 bridgehead atoms. The van der Waals surface area contributed by atoms with Gasteiger partial charge in [-0.05, 0) is 54.4 Å². The van der Waals surface area contributed by atoms with Gasteiger partial charge in [0.05, 0.1) is 12.7 Å². The molecule has 1 aromatic carbocycles. The van der Waals surface area contributed by atoms with Crippen molar-refractivity contribution in [1.82, 2.24) is 10.3 Å². The average molecular weight is 283 g/mol. The van der Waals surface area contributed by atoms with E-state index in [2.05, 4.69) is 26.4 Å². The van der Waals surface area contributed by atoms with Crippen LogP contribution in [0.2, 0.25) is 0 Å². The zero-order valence-corrected chi connectivity index (χ0v) is 11.8. The molecule has 0 spiro atoms. The van der Waals surface area contributed by atoms with Gasteiger partial charge in [0.25, 0.3) is 0 Å². The van der Waals surface area contributed by atoms with Crippen LogP contribution in [0.4, 0.5) is 11.5 Å². The summed E-state index contributed by atoms with van der Waals surface area (Å²) in [4.78, 5) is 15.8. The van der Waals surface area contributed by atoms with Crippen LogP contribution in [0.1, 0.15) is 21.5 Å². The summed E-state index contributed by atoms with van der Waals surface area (Å²) in [6, 6.07) is 9.20. The maximum Gasteiger partial charge on any atom is 0.337 e. The predicted molar refractivity (Wildman–Crippen MR) is 80.7 cm³/mol. The first-order valence-electron chi connectivity index (χ1n) is 6.90. The highest BCUT2D eigenvalue weighted by molar-refractivity contribution is 5.89. The van der Waals surface area contributed by atoms with Gasteiger partial charge in [-0.15, -0.1) is 0 Å². The molecule has 2 heterocycles. The van der Waals surface area contributed by atoms with Crippen LogP contribution in [-0.4, -0.2) is 24.6 Å². The van der Waals surface area contributed by atoms with Gasteiger partial charge in [0.1, 0.15) is 5.82 Å². The maximum absolute atomic E-state index is 11.4. The van der Waals surface area contributed by atoms with Gasteiger partial charge in [0, 0.05) is 18.4 Å². The normalized spacial score (nSPS) is 13.4. The van der Waals surface area contributed by atoms with E-state index in [0.717, 1.165) is 31.0 Å². The zero-order chi connectivity index (χ0) is 14.7. The molecule has 2 aromatic rings. The molecule has 0 atom stereocenters. The highest BCUT2D eigenvalue weighted by atomic mass is 16.5. The highest BCUT2D eigenvalue weighted by Crippen LogP contribution is 2.20. The first-order chi connectivity index (χ1) is 10.3. The van der Waals surface area contributed by atoms with Crippen molar-refractivity contribution < 1.29 is 9.53 Å². The van der Waals surface area contributed by atoms with Crippen LogP contribution < -0.4 is 10.6 Å². The lowest BCUT2D eigenvalue weighted by atomic mass is 10.0. The van der Waals surface area contributed by atoms with E-state index >= 15 is 0 Å². The molecule has 108 valence electrons. The minimum absolute atomic E-state index is 0.334. The van der Waals surface area contributed by atoms with Crippen molar-refractivity contribution in [1.29, 1.82) is 0 Å². The fourth-order valence-corrected chi connectivity index (χ4v) is 2.38. The number of rotatable bonds is 3. The molecule has 0 unspecified atom stereocenters. The van der Waals surface area contributed by atoms with Gasteiger partial charge in [-0.1, -0.05) is 0 Å². The second-order valence-electron chi connectivity index (χ2n) is 4.96. The van der Waals surface area contributed by atoms with Crippen LogP contribution in [0.3, 0.4) is 0 Å². The maximum atomic E-state index is 11.4. The molecular weight excluding hydrogens is 266 g/mol. The SMILES string of the molecule is COC(=O)c1ccc(Nc2cc3c(cn2)CCNC3)cc1. The number of esters is 1. The summed E-state index contributed by atoms with van der Waals surface area (Å²) in [5.41, 5.74) is 4.01. The third-order valence-corrected chi connectivity index (χ3v) is 3.55. The molecule has 21 heavy (non-hydrogen) atoms. The summed E-state index contributed by atoms with van der Waals surface area (Å²) >= 11 is 0. The lowest BCUT2D eigenvalue weighted by molar-refractivity contribution is 0.0601. The van der Waals surface area contributed by atoms with E-state index in [1.54, 1.807) is 12.1 Å². The molecule has 1 aliphatic heterocycles. The van der Waals surface area contributed by atoms with Gasteiger partial charge in [0.2, 0.25) is 0 Å². The second-order valence-corrected chi connectivity index (χ2v) is 4.96. The number of hydrogen-bond donors (Lipinski definition) is 2. The Morgan fingerprint density at radius 2 is 2.10 bits per heavy atom. The van der Waals surface area contributed by atoms with E-state index < -0.39 is 0 Å². The minimum atomic E-state index is -0.334. The molecular formula is C16H17N3O2. The Balaban J connectivity index is 1.75. The van der Waals surface area contributed by atoms with Crippen molar-refractivity contribution in [3.63, 3.8) is 0 Å². The number of aromatic nitrogens is 1. The van der Waals surface area contributed by atoms with Crippen LogP contribution >= 0.6 is 0 Å². The molecule has 2 N–H and O–H groups in total. The predicted octanol–water partition coefficient (Wildman–Crippen LogP) is 2.26. The third-order valence-electron chi connectivity index (χ3n) is 3.55. The number of hydrogen-bond acceptors (Lipinski definition) is 5. The summed E-state index contributed by atoms with van der Waals surface area (Å²) < 4.78 is 4.68. The van der Waals surface area contributed by atoms with E-state index in [1.807, 2.05) is 18.3 Å². The molecule has 1 aliphatic rings. The molecule has 0 saturated carbocycles. The van der Waals surface area contributed by atoms with Gasteiger partial charge in [-0.25, -0.2) is 9.78 Å². The fraction of sp³-hybridized carbons (Fsp3) is 0.250. The molecule has 3 rings (SSSR count). The topological polar surface area (TPSA) is 63.2 Å². The number of methoxy groups -OCH3 is 1. The van der Waals surface area contributed by atoms with Crippen molar-refractivity contribution in [3.8, 4) is 0 Å². The zero-order valence-electron chi connectivity index (χ0n) is 11.8. The number of ether oxygens (including phenoxy) is 1. The minimum Gasteiger partial charge on any atom is -0.465 e. The average Bonchev–Trinajstić information content (AvgIpc) is 2.55. The van der Waals surface area contributed by atoms with E-state index in [1.165, 1.54) is 18.2 Å². The van der Waals surface area contributed by atoms with Crippen molar-refractivity contribution in [2.45, 2.75) is 13.0 Å². The standard InChI is InChI=1S/C16H17N3O2/c1-21-16(20)11-2-4-14(5-3-11)19-15-8-13-9-17-7-6-12(13)10-18-15/h2-5,8,10,17H,6-7,9H2,1H3,(H,18,19). The molecule has 5 heteroatoms. The van der Waals surface area contributed by atoms with Crippen molar-refractivity contribution in [2.24, 2.45) is 0 Å². The Morgan fingerprint density at radius 1 is 1.29 bits per heavy atom. The Hall–Kier alpha value is -2.40. The number of nitrogens with one attached hydrogen (secondary N) is 2. The van der Waals surface area contributed by atoms with Gasteiger partial charge in [-0.2, -0.15) is 0 Å². The summed E-state index contributed by atoms with van der Waals surface area (Å²) in [5, 5.41) is 6.60. The van der Waals surface area contributed by atoms with Crippen LogP contribution in [0, 0.1) is 0 Å². The molecule has 0 radical (unpaired) electrons. The molecule has 0 aliphatic carbocycles. The molecule has 0 fully saturated rings. The lowest BCUT2D eigenvalue weighted by Gasteiger charge is -2.17. The number of nitrogens with zero attached hydrogens (tertiary/aromatic N) is 1. The van der Waals surface area contributed by atoms with Crippen LogP contribution in [0.5, 0.6) is 0 Å².